The highest BCUT2D eigenvalue weighted by atomic mass is 35.5. The van der Waals surface area contributed by atoms with Gasteiger partial charge in [-0.25, -0.2) is 0 Å². The number of amides is 1. The second kappa shape index (κ2) is 6.50. The Morgan fingerprint density at radius 1 is 1.05 bits per heavy atom. The van der Waals surface area contributed by atoms with Crippen LogP contribution in [0.1, 0.15) is 15.9 Å². The molecule has 0 saturated carbocycles. The Morgan fingerprint density at radius 2 is 1.76 bits per heavy atom. The molecule has 0 unspecified atom stereocenters. The zero-order chi connectivity index (χ0) is 15.4. The van der Waals surface area contributed by atoms with Gasteiger partial charge in [0.1, 0.15) is 11.5 Å². The lowest BCUT2D eigenvalue weighted by Gasteiger charge is -2.13. The van der Waals surface area contributed by atoms with Crippen molar-refractivity contribution in [2.24, 2.45) is 0 Å². The molecule has 0 radical (unpaired) electrons. The molecule has 2 aromatic rings. The number of benzene rings is 2. The number of hydrogen-bond donors (Lipinski definition) is 1. The fraction of sp³-hybridized carbons (Fsp3) is 0.188. The van der Waals surface area contributed by atoms with E-state index in [2.05, 4.69) is 5.32 Å². The molecule has 0 atom stereocenters. The normalized spacial score (nSPS) is 10.1. The van der Waals surface area contributed by atoms with E-state index in [1.807, 2.05) is 19.1 Å². The van der Waals surface area contributed by atoms with Gasteiger partial charge in [0.2, 0.25) is 0 Å². The molecule has 21 heavy (non-hydrogen) atoms. The van der Waals surface area contributed by atoms with Gasteiger partial charge in [-0.2, -0.15) is 0 Å². The van der Waals surface area contributed by atoms with Gasteiger partial charge < -0.3 is 14.8 Å². The molecule has 2 rings (SSSR count). The first-order chi connectivity index (χ1) is 10.0. The minimum absolute atomic E-state index is 0.309. The molecular weight excluding hydrogens is 290 g/mol. The van der Waals surface area contributed by atoms with Crippen LogP contribution in [0.15, 0.2) is 36.4 Å². The molecule has 1 amide bonds. The summed E-state index contributed by atoms with van der Waals surface area (Å²) in [5.74, 6) is 0.754. The van der Waals surface area contributed by atoms with Crippen molar-refractivity contribution >= 4 is 23.2 Å². The Kier molecular flexibility index (Phi) is 4.70. The van der Waals surface area contributed by atoms with E-state index in [0.29, 0.717) is 27.8 Å². The largest absolute Gasteiger partial charge is 0.496 e. The lowest BCUT2D eigenvalue weighted by molar-refractivity contribution is 0.102. The number of aryl methyl sites for hydroxylation is 1. The molecule has 0 aromatic heterocycles. The van der Waals surface area contributed by atoms with Crippen molar-refractivity contribution in [1.82, 2.24) is 0 Å². The SMILES string of the molecule is COc1cc(C)ccc1NC(=O)c1cc(Cl)ccc1OC. The Morgan fingerprint density at radius 3 is 2.43 bits per heavy atom. The van der Waals surface area contributed by atoms with Gasteiger partial charge in [-0.1, -0.05) is 17.7 Å². The van der Waals surface area contributed by atoms with Crippen molar-refractivity contribution in [2.75, 3.05) is 19.5 Å². The van der Waals surface area contributed by atoms with Gasteiger partial charge >= 0.3 is 0 Å². The summed E-state index contributed by atoms with van der Waals surface area (Å²) in [7, 11) is 3.07. The number of methoxy groups -OCH3 is 2. The predicted molar refractivity (Wildman–Crippen MR) is 83.7 cm³/mol. The summed E-state index contributed by atoms with van der Waals surface area (Å²) in [5, 5.41) is 3.27. The molecule has 0 saturated heterocycles. The third-order valence-corrected chi connectivity index (χ3v) is 3.25. The molecule has 0 heterocycles. The number of hydrogen-bond acceptors (Lipinski definition) is 3. The van der Waals surface area contributed by atoms with Crippen LogP contribution in [0, 0.1) is 6.92 Å². The summed E-state index contributed by atoms with van der Waals surface area (Å²) in [4.78, 5) is 12.4. The third-order valence-electron chi connectivity index (χ3n) is 3.01. The van der Waals surface area contributed by atoms with Crippen molar-refractivity contribution in [1.29, 1.82) is 0 Å². The van der Waals surface area contributed by atoms with E-state index < -0.39 is 0 Å². The van der Waals surface area contributed by atoms with Crippen LogP contribution < -0.4 is 14.8 Å². The van der Waals surface area contributed by atoms with Crippen molar-refractivity contribution in [2.45, 2.75) is 6.92 Å². The van der Waals surface area contributed by atoms with E-state index in [4.69, 9.17) is 21.1 Å². The van der Waals surface area contributed by atoms with Crippen LogP contribution in [0.25, 0.3) is 0 Å². The lowest BCUT2D eigenvalue weighted by Crippen LogP contribution is -2.14. The topological polar surface area (TPSA) is 47.6 Å². The highest BCUT2D eigenvalue weighted by Crippen LogP contribution is 2.28. The zero-order valence-corrected chi connectivity index (χ0v) is 12.8. The van der Waals surface area contributed by atoms with Gasteiger partial charge in [0, 0.05) is 5.02 Å². The molecule has 0 spiro atoms. The first kappa shape index (κ1) is 15.2. The molecular formula is C16H16ClNO3. The van der Waals surface area contributed by atoms with Gasteiger partial charge in [0.15, 0.2) is 0 Å². The monoisotopic (exact) mass is 305 g/mol. The smallest absolute Gasteiger partial charge is 0.259 e. The summed E-state index contributed by atoms with van der Waals surface area (Å²) in [5.41, 5.74) is 2.01. The standard InChI is InChI=1S/C16H16ClNO3/c1-10-4-6-13(15(8-10)21-3)18-16(19)12-9-11(17)5-7-14(12)20-2/h4-9H,1-3H3,(H,18,19). The van der Waals surface area contributed by atoms with Gasteiger partial charge in [-0.3, -0.25) is 4.79 Å². The third kappa shape index (κ3) is 3.47. The van der Waals surface area contributed by atoms with Crippen LogP contribution in [0.5, 0.6) is 11.5 Å². The van der Waals surface area contributed by atoms with E-state index in [-0.39, 0.29) is 5.91 Å². The summed E-state index contributed by atoms with van der Waals surface area (Å²) in [6, 6.07) is 10.4. The summed E-state index contributed by atoms with van der Waals surface area (Å²) in [6.45, 7) is 1.95. The Bertz CT molecular complexity index is 671. The average molecular weight is 306 g/mol. The van der Waals surface area contributed by atoms with Crippen LogP contribution in [0.3, 0.4) is 0 Å². The van der Waals surface area contributed by atoms with Gasteiger partial charge in [0.25, 0.3) is 5.91 Å². The predicted octanol–water partition coefficient (Wildman–Crippen LogP) is 3.92. The second-order valence-electron chi connectivity index (χ2n) is 4.50. The van der Waals surface area contributed by atoms with E-state index in [9.17, 15) is 4.79 Å². The minimum Gasteiger partial charge on any atom is -0.496 e. The van der Waals surface area contributed by atoms with Crippen LogP contribution >= 0.6 is 11.6 Å². The summed E-state index contributed by atoms with van der Waals surface area (Å²) >= 11 is 5.94. The Balaban J connectivity index is 2.32. The molecule has 1 N–H and O–H groups in total. The highest BCUT2D eigenvalue weighted by molar-refractivity contribution is 6.31. The number of anilines is 1. The maximum atomic E-state index is 12.4. The number of rotatable bonds is 4. The first-order valence-electron chi connectivity index (χ1n) is 6.34. The molecule has 0 fully saturated rings. The van der Waals surface area contributed by atoms with Crippen molar-refractivity contribution in [3.63, 3.8) is 0 Å². The molecule has 110 valence electrons. The second-order valence-corrected chi connectivity index (χ2v) is 4.94. The van der Waals surface area contributed by atoms with Crippen molar-refractivity contribution in [3.8, 4) is 11.5 Å². The van der Waals surface area contributed by atoms with Crippen molar-refractivity contribution < 1.29 is 14.3 Å². The molecule has 0 aliphatic rings. The van der Waals surface area contributed by atoms with E-state index in [0.717, 1.165) is 5.56 Å². The van der Waals surface area contributed by atoms with Crippen LogP contribution in [-0.2, 0) is 0 Å². The van der Waals surface area contributed by atoms with Crippen LogP contribution in [0.2, 0.25) is 5.02 Å². The number of ether oxygens (including phenoxy) is 2. The summed E-state index contributed by atoms with van der Waals surface area (Å²) < 4.78 is 10.5. The van der Waals surface area contributed by atoms with E-state index in [1.54, 1.807) is 31.4 Å². The van der Waals surface area contributed by atoms with Crippen LogP contribution in [0.4, 0.5) is 5.69 Å². The number of nitrogens with one attached hydrogen (secondary N) is 1. The van der Waals surface area contributed by atoms with Crippen molar-refractivity contribution in [3.05, 3.63) is 52.5 Å². The zero-order valence-electron chi connectivity index (χ0n) is 12.1. The molecule has 5 heteroatoms. The van der Waals surface area contributed by atoms with Gasteiger partial charge in [-0.15, -0.1) is 0 Å². The number of carbonyl (C=O) groups is 1. The fourth-order valence-electron chi connectivity index (χ4n) is 1.95. The number of halogens is 1. The maximum absolute atomic E-state index is 12.4. The van der Waals surface area contributed by atoms with E-state index in [1.165, 1.54) is 7.11 Å². The lowest BCUT2D eigenvalue weighted by atomic mass is 10.1. The minimum atomic E-state index is -0.309. The molecule has 0 aliphatic heterocycles. The Labute approximate surface area is 128 Å². The quantitative estimate of drug-likeness (QED) is 0.931. The molecule has 4 nitrogen and oxygen atoms in total. The molecule has 0 aliphatic carbocycles. The highest BCUT2D eigenvalue weighted by Gasteiger charge is 2.15. The fourth-order valence-corrected chi connectivity index (χ4v) is 2.12. The van der Waals surface area contributed by atoms with Crippen LogP contribution in [-0.4, -0.2) is 20.1 Å². The summed E-state index contributed by atoms with van der Waals surface area (Å²) in [6.07, 6.45) is 0. The average Bonchev–Trinajstić information content (AvgIpc) is 2.48. The maximum Gasteiger partial charge on any atom is 0.259 e. The van der Waals surface area contributed by atoms with Gasteiger partial charge in [0.05, 0.1) is 25.5 Å². The van der Waals surface area contributed by atoms with Gasteiger partial charge in [-0.05, 0) is 42.8 Å². The van der Waals surface area contributed by atoms with E-state index >= 15 is 0 Å². The molecule has 0 bridgehead atoms. The Hall–Kier alpha value is -2.20. The first-order valence-corrected chi connectivity index (χ1v) is 6.72. The number of carbonyl (C=O) groups excluding carboxylic acids is 1. The molecule has 2 aromatic carbocycles.